The number of carbonyl (C=O) groups excluding carboxylic acids is 2. The summed E-state index contributed by atoms with van der Waals surface area (Å²) >= 11 is 0. The van der Waals surface area contributed by atoms with E-state index in [9.17, 15) is 19.5 Å². The van der Waals surface area contributed by atoms with Gasteiger partial charge in [-0.2, -0.15) is 0 Å². The lowest BCUT2D eigenvalue weighted by Crippen LogP contribution is -2.46. The maximum absolute atomic E-state index is 12.4. The number of likely N-dealkylation sites (tertiary alicyclic amines) is 1. The Hall–Kier alpha value is -3.39. The van der Waals surface area contributed by atoms with E-state index >= 15 is 0 Å². The summed E-state index contributed by atoms with van der Waals surface area (Å²) < 4.78 is 10.5. The first-order valence-corrected chi connectivity index (χ1v) is 10.1. The third-order valence-corrected chi connectivity index (χ3v) is 6.09. The van der Waals surface area contributed by atoms with E-state index in [0.717, 1.165) is 22.3 Å². The van der Waals surface area contributed by atoms with Crippen LogP contribution in [0.3, 0.4) is 0 Å². The first-order chi connectivity index (χ1) is 14.9. The van der Waals surface area contributed by atoms with Crippen LogP contribution in [0, 0.1) is 0 Å². The van der Waals surface area contributed by atoms with Gasteiger partial charge in [-0.1, -0.05) is 48.5 Å². The van der Waals surface area contributed by atoms with Crippen LogP contribution >= 0.6 is 0 Å². The van der Waals surface area contributed by atoms with Crippen LogP contribution in [0.5, 0.6) is 0 Å². The molecule has 1 atom stereocenters. The molecule has 1 aliphatic heterocycles. The molecule has 2 N–H and O–H groups in total. The van der Waals surface area contributed by atoms with E-state index < -0.39 is 17.7 Å². The van der Waals surface area contributed by atoms with Gasteiger partial charge in [0.25, 0.3) is 0 Å². The summed E-state index contributed by atoms with van der Waals surface area (Å²) in [5.41, 5.74) is 3.09. The van der Waals surface area contributed by atoms with E-state index in [-0.39, 0.29) is 44.5 Å². The number of rotatable bonds is 6. The minimum absolute atomic E-state index is 0.0516. The highest BCUT2D eigenvalue weighted by molar-refractivity contribution is 5.85. The van der Waals surface area contributed by atoms with Crippen molar-refractivity contribution in [3.63, 3.8) is 0 Å². The van der Waals surface area contributed by atoms with E-state index in [1.807, 2.05) is 36.4 Å². The zero-order chi connectivity index (χ0) is 22.0. The molecule has 2 aliphatic rings. The lowest BCUT2D eigenvalue weighted by atomic mass is 9.98. The van der Waals surface area contributed by atoms with Crippen molar-refractivity contribution in [2.45, 2.75) is 17.9 Å². The highest BCUT2D eigenvalue weighted by Gasteiger charge is 2.46. The molecule has 2 aromatic rings. The standard InChI is InChI=1S/C23H24N2O6/c1-30-23(21(27)28)10-11-25(14-23)20(26)12-24-22(29)31-13-19-17-8-4-2-6-15(17)16-7-3-5-9-18(16)19/h2-9,19H,10-14H2,1H3,(H,24,29)(H,27,28). The van der Waals surface area contributed by atoms with E-state index in [2.05, 4.69) is 17.4 Å². The van der Waals surface area contributed by atoms with Crippen LogP contribution in [0.2, 0.25) is 0 Å². The molecule has 0 spiro atoms. The molecule has 8 nitrogen and oxygen atoms in total. The number of methoxy groups -OCH3 is 1. The van der Waals surface area contributed by atoms with Crippen LogP contribution in [0.1, 0.15) is 23.5 Å². The van der Waals surface area contributed by atoms with Crippen LogP contribution < -0.4 is 5.32 Å². The van der Waals surface area contributed by atoms with E-state index in [4.69, 9.17) is 9.47 Å². The number of benzene rings is 2. The highest BCUT2D eigenvalue weighted by atomic mass is 16.5. The van der Waals surface area contributed by atoms with Gasteiger partial charge in [-0.05, 0) is 22.3 Å². The van der Waals surface area contributed by atoms with Crippen molar-refractivity contribution < 1.29 is 29.0 Å². The molecule has 1 fully saturated rings. The number of amides is 2. The minimum Gasteiger partial charge on any atom is -0.479 e. The third kappa shape index (κ3) is 3.86. The Balaban J connectivity index is 1.32. The zero-order valence-electron chi connectivity index (χ0n) is 17.2. The summed E-state index contributed by atoms with van der Waals surface area (Å²) in [6.45, 7) is 0.0923. The fourth-order valence-corrected chi connectivity index (χ4v) is 4.33. The Bertz CT molecular complexity index is 977. The number of hydrogen-bond donors (Lipinski definition) is 2. The molecule has 0 aromatic heterocycles. The molecule has 8 heteroatoms. The van der Waals surface area contributed by atoms with Crippen molar-refractivity contribution in [1.29, 1.82) is 0 Å². The summed E-state index contributed by atoms with van der Waals surface area (Å²) in [5, 5.41) is 11.8. The molecule has 1 unspecified atom stereocenters. The Morgan fingerprint density at radius 2 is 1.71 bits per heavy atom. The number of ether oxygens (including phenoxy) is 2. The first kappa shape index (κ1) is 20.9. The molecule has 0 bridgehead atoms. The fourth-order valence-electron chi connectivity index (χ4n) is 4.33. The molecule has 0 radical (unpaired) electrons. The van der Waals surface area contributed by atoms with Crippen molar-refractivity contribution in [2.75, 3.05) is 33.4 Å². The van der Waals surface area contributed by atoms with Crippen LogP contribution in [-0.4, -0.2) is 66.9 Å². The van der Waals surface area contributed by atoms with Gasteiger partial charge >= 0.3 is 12.1 Å². The molecule has 31 heavy (non-hydrogen) atoms. The number of aliphatic carboxylic acids is 1. The Morgan fingerprint density at radius 3 is 2.26 bits per heavy atom. The summed E-state index contributed by atoms with van der Waals surface area (Å²) in [6, 6.07) is 16.1. The van der Waals surface area contributed by atoms with Gasteiger partial charge in [-0.15, -0.1) is 0 Å². The summed E-state index contributed by atoms with van der Waals surface area (Å²) in [4.78, 5) is 37.4. The summed E-state index contributed by atoms with van der Waals surface area (Å²) in [6.07, 6.45) is -0.485. The van der Waals surface area contributed by atoms with E-state index in [1.54, 1.807) is 0 Å². The van der Waals surface area contributed by atoms with Crippen LogP contribution in [0.15, 0.2) is 48.5 Å². The van der Waals surface area contributed by atoms with Gasteiger partial charge < -0.3 is 24.8 Å². The van der Waals surface area contributed by atoms with Crippen molar-refractivity contribution in [2.24, 2.45) is 0 Å². The second-order valence-electron chi connectivity index (χ2n) is 7.75. The number of nitrogens with zero attached hydrogens (tertiary/aromatic N) is 1. The number of fused-ring (bicyclic) bond motifs is 3. The number of nitrogens with one attached hydrogen (secondary N) is 1. The molecular formula is C23H24N2O6. The largest absolute Gasteiger partial charge is 0.479 e. The number of alkyl carbamates (subject to hydrolysis) is 1. The predicted molar refractivity (Wildman–Crippen MR) is 112 cm³/mol. The molecule has 1 saturated heterocycles. The number of carboxylic acids is 1. The third-order valence-electron chi connectivity index (χ3n) is 6.09. The monoisotopic (exact) mass is 424 g/mol. The maximum atomic E-state index is 12.4. The van der Waals surface area contributed by atoms with Gasteiger partial charge in [-0.25, -0.2) is 9.59 Å². The fraction of sp³-hybridized carbons (Fsp3) is 0.348. The Labute approximate surface area is 179 Å². The lowest BCUT2D eigenvalue weighted by molar-refractivity contribution is -0.160. The number of carboxylic acid groups (broad SMARTS) is 1. The summed E-state index contributed by atoms with van der Waals surface area (Å²) in [5.74, 6) is -1.55. The number of carbonyl (C=O) groups is 3. The molecular weight excluding hydrogens is 400 g/mol. The van der Waals surface area contributed by atoms with Crippen LogP contribution in [0.4, 0.5) is 4.79 Å². The van der Waals surface area contributed by atoms with Crippen molar-refractivity contribution >= 4 is 18.0 Å². The molecule has 1 aliphatic carbocycles. The van der Waals surface area contributed by atoms with Gasteiger partial charge in [-0.3, -0.25) is 4.79 Å². The lowest BCUT2D eigenvalue weighted by Gasteiger charge is -2.23. The second-order valence-corrected chi connectivity index (χ2v) is 7.75. The average molecular weight is 424 g/mol. The van der Waals surface area contributed by atoms with Crippen LogP contribution in [-0.2, 0) is 19.1 Å². The number of hydrogen-bond acceptors (Lipinski definition) is 5. The SMILES string of the molecule is COC1(C(=O)O)CCN(C(=O)CNC(=O)OCC2c3ccccc3-c3ccccc32)C1. The highest BCUT2D eigenvalue weighted by Crippen LogP contribution is 2.44. The molecule has 2 amide bonds. The quantitative estimate of drug-likeness (QED) is 0.737. The molecule has 0 saturated carbocycles. The Kier molecular flexibility index (Phi) is 5.65. The van der Waals surface area contributed by atoms with Gasteiger partial charge in [0.05, 0.1) is 6.54 Å². The zero-order valence-corrected chi connectivity index (χ0v) is 17.2. The smallest absolute Gasteiger partial charge is 0.407 e. The predicted octanol–water partition coefficient (Wildman–Crippen LogP) is 2.23. The van der Waals surface area contributed by atoms with Crippen LogP contribution in [0.25, 0.3) is 11.1 Å². The van der Waals surface area contributed by atoms with Crippen molar-refractivity contribution in [1.82, 2.24) is 10.2 Å². The van der Waals surface area contributed by atoms with Crippen molar-refractivity contribution in [3.8, 4) is 11.1 Å². The second kappa shape index (κ2) is 8.39. The average Bonchev–Trinajstić information content (AvgIpc) is 3.37. The van der Waals surface area contributed by atoms with Gasteiger partial charge in [0.2, 0.25) is 5.91 Å². The van der Waals surface area contributed by atoms with Crippen molar-refractivity contribution in [3.05, 3.63) is 59.7 Å². The Morgan fingerprint density at radius 1 is 1.10 bits per heavy atom. The normalized spacial score (nSPS) is 19.6. The molecule has 1 heterocycles. The first-order valence-electron chi connectivity index (χ1n) is 10.1. The van der Waals surface area contributed by atoms with Gasteiger partial charge in [0, 0.05) is 26.0 Å². The molecule has 4 rings (SSSR count). The summed E-state index contributed by atoms with van der Waals surface area (Å²) in [7, 11) is 1.32. The maximum Gasteiger partial charge on any atom is 0.407 e. The van der Waals surface area contributed by atoms with Gasteiger partial charge in [0.1, 0.15) is 13.2 Å². The van der Waals surface area contributed by atoms with E-state index in [1.165, 1.54) is 12.0 Å². The minimum atomic E-state index is -1.39. The topological polar surface area (TPSA) is 105 Å². The van der Waals surface area contributed by atoms with E-state index in [0.29, 0.717) is 0 Å². The molecule has 162 valence electrons. The molecule has 2 aromatic carbocycles. The van der Waals surface area contributed by atoms with Gasteiger partial charge in [0.15, 0.2) is 5.60 Å².